The van der Waals surface area contributed by atoms with Gasteiger partial charge in [0.1, 0.15) is 5.60 Å². The molecular formula is C12H15N3O2. The van der Waals surface area contributed by atoms with Crippen molar-refractivity contribution in [3.63, 3.8) is 0 Å². The second-order valence-electron chi connectivity index (χ2n) is 4.75. The molecule has 0 saturated heterocycles. The number of aromatic nitrogens is 2. The van der Waals surface area contributed by atoms with E-state index in [2.05, 4.69) is 15.3 Å². The van der Waals surface area contributed by atoms with E-state index in [1.807, 2.05) is 26.8 Å². The van der Waals surface area contributed by atoms with Crippen molar-refractivity contribution in [1.82, 2.24) is 9.97 Å². The number of amides is 1. The molecule has 5 nitrogen and oxygen atoms in total. The molecule has 90 valence electrons. The van der Waals surface area contributed by atoms with Crippen LogP contribution in [0.4, 0.5) is 10.5 Å². The van der Waals surface area contributed by atoms with Gasteiger partial charge < -0.3 is 9.72 Å². The smallest absolute Gasteiger partial charge is 0.412 e. The van der Waals surface area contributed by atoms with Crippen LogP contribution in [0, 0.1) is 0 Å². The summed E-state index contributed by atoms with van der Waals surface area (Å²) < 4.78 is 5.18. The molecule has 2 heterocycles. The van der Waals surface area contributed by atoms with Gasteiger partial charge in [0, 0.05) is 17.8 Å². The molecule has 0 radical (unpaired) electrons. The number of hydrogen-bond donors (Lipinski definition) is 2. The van der Waals surface area contributed by atoms with Gasteiger partial charge in [0.05, 0.1) is 17.4 Å². The summed E-state index contributed by atoms with van der Waals surface area (Å²) in [5.74, 6) is 0. The van der Waals surface area contributed by atoms with Crippen LogP contribution in [-0.2, 0) is 4.74 Å². The van der Waals surface area contributed by atoms with Gasteiger partial charge >= 0.3 is 6.09 Å². The SMILES string of the molecule is CC(C)(C)OC(=O)Nc1c[nH]c2cnccc12. The van der Waals surface area contributed by atoms with Gasteiger partial charge in [-0.15, -0.1) is 0 Å². The zero-order chi connectivity index (χ0) is 12.5. The molecule has 17 heavy (non-hydrogen) atoms. The van der Waals surface area contributed by atoms with Crippen molar-refractivity contribution in [2.75, 3.05) is 5.32 Å². The van der Waals surface area contributed by atoms with Crippen molar-refractivity contribution in [3.8, 4) is 0 Å². The van der Waals surface area contributed by atoms with Crippen molar-refractivity contribution >= 4 is 22.7 Å². The predicted octanol–water partition coefficient (Wildman–Crippen LogP) is 2.91. The Labute approximate surface area is 99.2 Å². The van der Waals surface area contributed by atoms with Gasteiger partial charge in [-0.2, -0.15) is 0 Å². The van der Waals surface area contributed by atoms with Crippen molar-refractivity contribution in [3.05, 3.63) is 24.7 Å². The number of nitrogens with one attached hydrogen (secondary N) is 2. The quantitative estimate of drug-likeness (QED) is 0.795. The lowest BCUT2D eigenvalue weighted by molar-refractivity contribution is 0.0636. The highest BCUT2D eigenvalue weighted by Gasteiger charge is 2.17. The van der Waals surface area contributed by atoms with Crippen LogP contribution in [0.15, 0.2) is 24.7 Å². The average Bonchev–Trinajstić information content (AvgIpc) is 2.59. The Morgan fingerprint density at radius 1 is 1.47 bits per heavy atom. The number of carbonyl (C=O) groups is 1. The molecule has 0 fully saturated rings. The van der Waals surface area contributed by atoms with Crippen LogP contribution in [0.3, 0.4) is 0 Å². The van der Waals surface area contributed by atoms with Crippen molar-refractivity contribution in [2.45, 2.75) is 26.4 Å². The molecule has 2 N–H and O–H groups in total. The third-order valence-electron chi connectivity index (χ3n) is 2.12. The summed E-state index contributed by atoms with van der Waals surface area (Å²) in [5.41, 5.74) is 1.06. The first-order valence-electron chi connectivity index (χ1n) is 5.37. The maximum Gasteiger partial charge on any atom is 0.412 e. The van der Waals surface area contributed by atoms with Crippen LogP contribution >= 0.6 is 0 Å². The summed E-state index contributed by atoms with van der Waals surface area (Å²) in [6, 6.07) is 1.83. The summed E-state index contributed by atoms with van der Waals surface area (Å²) in [5, 5.41) is 3.61. The second kappa shape index (κ2) is 4.08. The van der Waals surface area contributed by atoms with E-state index in [1.54, 1.807) is 18.6 Å². The minimum atomic E-state index is -0.502. The standard InChI is InChI=1S/C12H15N3O2/c1-12(2,3)17-11(16)15-10-7-14-9-6-13-5-4-8(9)10/h4-7,14H,1-3H3,(H,15,16). The highest BCUT2D eigenvalue weighted by atomic mass is 16.6. The van der Waals surface area contributed by atoms with E-state index in [0.29, 0.717) is 5.69 Å². The van der Waals surface area contributed by atoms with Gasteiger partial charge in [-0.05, 0) is 26.8 Å². The molecule has 2 aromatic rings. The molecule has 0 aromatic carbocycles. The summed E-state index contributed by atoms with van der Waals surface area (Å²) >= 11 is 0. The Hall–Kier alpha value is -2.04. The molecule has 2 aromatic heterocycles. The van der Waals surface area contributed by atoms with E-state index in [9.17, 15) is 4.79 Å². The van der Waals surface area contributed by atoms with Crippen LogP contribution in [0.1, 0.15) is 20.8 Å². The van der Waals surface area contributed by atoms with Gasteiger partial charge in [-0.1, -0.05) is 0 Å². The molecule has 5 heteroatoms. The molecular weight excluding hydrogens is 218 g/mol. The molecule has 0 aliphatic heterocycles. The minimum Gasteiger partial charge on any atom is -0.444 e. The fraction of sp³-hybridized carbons (Fsp3) is 0.333. The number of H-pyrrole nitrogens is 1. The third kappa shape index (κ3) is 2.75. The maximum absolute atomic E-state index is 11.6. The summed E-state index contributed by atoms with van der Waals surface area (Å²) in [6.45, 7) is 5.48. The monoisotopic (exact) mass is 233 g/mol. The fourth-order valence-electron chi connectivity index (χ4n) is 1.49. The molecule has 0 saturated carbocycles. The van der Waals surface area contributed by atoms with Gasteiger partial charge in [-0.25, -0.2) is 4.79 Å². The van der Waals surface area contributed by atoms with Gasteiger partial charge in [-0.3, -0.25) is 10.3 Å². The van der Waals surface area contributed by atoms with E-state index in [-0.39, 0.29) is 0 Å². The Balaban J connectivity index is 2.16. The van der Waals surface area contributed by atoms with E-state index in [1.165, 1.54) is 0 Å². The Kier molecular flexibility index (Phi) is 2.75. The van der Waals surface area contributed by atoms with Crippen molar-refractivity contribution < 1.29 is 9.53 Å². The molecule has 0 atom stereocenters. The number of fused-ring (bicyclic) bond motifs is 1. The third-order valence-corrected chi connectivity index (χ3v) is 2.12. The van der Waals surface area contributed by atoms with Crippen molar-refractivity contribution in [1.29, 1.82) is 0 Å². The summed E-state index contributed by atoms with van der Waals surface area (Å²) in [7, 11) is 0. The number of carbonyl (C=O) groups excluding carboxylic acids is 1. The number of nitrogens with zero attached hydrogens (tertiary/aromatic N) is 1. The van der Waals surface area contributed by atoms with E-state index in [0.717, 1.165) is 10.9 Å². The highest BCUT2D eigenvalue weighted by molar-refractivity contribution is 5.99. The van der Waals surface area contributed by atoms with Crippen LogP contribution < -0.4 is 5.32 Å². The molecule has 0 spiro atoms. The zero-order valence-corrected chi connectivity index (χ0v) is 10.1. The van der Waals surface area contributed by atoms with E-state index in [4.69, 9.17) is 4.74 Å². The first kappa shape index (κ1) is 11.4. The largest absolute Gasteiger partial charge is 0.444 e. The first-order valence-corrected chi connectivity index (χ1v) is 5.37. The van der Waals surface area contributed by atoms with Gasteiger partial charge in [0.25, 0.3) is 0 Å². The average molecular weight is 233 g/mol. The normalized spacial score (nSPS) is 11.5. The lowest BCUT2D eigenvalue weighted by Gasteiger charge is -2.19. The van der Waals surface area contributed by atoms with Crippen LogP contribution in [0.5, 0.6) is 0 Å². The Morgan fingerprint density at radius 2 is 2.24 bits per heavy atom. The summed E-state index contributed by atoms with van der Waals surface area (Å²) in [6.07, 6.45) is 4.64. The molecule has 2 rings (SSSR count). The van der Waals surface area contributed by atoms with Gasteiger partial charge in [0.15, 0.2) is 0 Å². The lowest BCUT2D eigenvalue weighted by atomic mass is 10.2. The lowest BCUT2D eigenvalue weighted by Crippen LogP contribution is -2.27. The zero-order valence-electron chi connectivity index (χ0n) is 10.1. The first-order chi connectivity index (χ1) is 7.96. The number of ether oxygens (including phenoxy) is 1. The van der Waals surface area contributed by atoms with Crippen LogP contribution in [0.2, 0.25) is 0 Å². The number of rotatable bonds is 1. The van der Waals surface area contributed by atoms with Crippen LogP contribution in [0.25, 0.3) is 10.9 Å². The van der Waals surface area contributed by atoms with Crippen molar-refractivity contribution in [2.24, 2.45) is 0 Å². The Bertz CT molecular complexity index is 540. The molecule has 1 amide bonds. The fourth-order valence-corrected chi connectivity index (χ4v) is 1.49. The van der Waals surface area contributed by atoms with E-state index >= 15 is 0 Å². The molecule has 0 aliphatic carbocycles. The number of hydrogen-bond acceptors (Lipinski definition) is 3. The number of pyridine rings is 1. The molecule has 0 unspecified atom stereocenters. The molecule has 0 bridgehead atoms. The number of anilines is 1. The van der Waals surface area contributed by atoms with Gasteiger partial charge in [0.2, 0.25) is 0 Å². The van der Waals surface area contributed by atoms with E-state index < -0.39 is 11.7 Å². The summed E-state index contributed by atoms with van der Waals surface area (Å²) in [4.78, 5) is 18.6. The Morgan fingerprint density at radius 3 is 2.94 bits per heavy atom. The predicted molar refractivity (Wildman–Crippen MR) is 66.0 cm³/mol. The second-order valence-corrected chi connectivity index (χ2v) is 4.75. The maximum atomic E-state index is 11.6. The minimum absolute atomic E-state index is 0.463. The highest BCUT2D eigenvalue weighted by Crippen LogP contribution is 2.22. The number of aromatic amines is 1. The molecule has 0 aliphatic rings. The topological polar surface area (TPSA) is 67.0 Å². The van der Waals surface area contributed by atoms with Crippen LogP contribution in [-0.4, -0.2) is 21.7 Å².